The summed E-state index contributed by atoms with van der Waals surface area (Å²) in [6, 6.07) is 17.8. The molecule has 0 saturated heterocycles. The molecule has 7 nitrogen and oxygen atoms in total. The Morgan fingerprint density at radius 1 is 1.15 bits per heavy atom. The second kappa shape index (κ2) is 6.55. The predicted octanol–water partition coefficient (Wildman–Crippen LogP) is 3.26. The van der Waals surface area contributed by atoms with Crippen molar-refractivity contribution in [3.8, 4) is 0 Å². The molecule has 0 bridgehead atoms. The summed E-state index contributed by atoms with van der Waals surface area (Å²) in [6.07, 6.45) is 2.54. The molecule has 134 valence electrons. The zero-order chi connectivity index (χ0) is 18.2. The molecule has 2 aromatic heterocycles. The summed E-state index contributed by atoms with van der Waals surface area (Å²) in [5.41, 5.74) is 2.96. The molecule has 1 aliphatic heterocycles. The SMILES string of the molecule is O=C(CSc1n[nH]c2nc3ccccc3n12)N1N=CC[C@H]1c1ccccc1. The summed E-state index contributed by atoms with van der Waals surface area (Å²) < 4.78 is 1.94. The second-order valence-corrected chi connectivity index (χ2v) is 7.20. The van der Waals surface area contributed by atoms with Crippen LogP contribution < -0.4 is 0 Å². The number of aromatic nitrogens is 4. The zero-order valence-corrected chi connectivity index (χ0v) is 15.1. The van der Waals surface area contributed by atoms with Crippen molar-refractivity contribution in [2.24, 2.45) is 5.10 Å². The summed E-state index contributed by atoms with van der Waals surface area (Å²) >= 11 is 1.38. The molecule has 2 aromatic carbocycles. The average molecular weight is 376 g/mol. The predicted molar refractivity (Wildman–Crippen MR) is 105 cm³/mol. The Bertz CT molecular complexity index is 1150. The van der Waals surface area contributed by atoms with E-state index in [0.29, 0.717) is 10.9 Å². The number of rotatable bonds is 4. The van der Waals surface area contributed by atoms with Crippen LogP contribution in [0.3, 0.4) is 0 Å². The van der Waals surface area contributed by atoms with Gasteiger partial charge in [-0.1, -0.05) is 54.2 Å². The van der Waals surface area contributed by atoms with Gasteiger partial charge in [0.05, 0.1) is 22.8 Å². The minimum atomic E-state index is -0.0387. The Kier molecular flexibility index (Phi) is 3.90. The maximum atomic E-state index is 12.8. The normalized spacial score (nSPS) is 16.6. The van der Waals surface area contributed by atoms with Gasteiger partial charge < -0.3 is 0 Å². The van der Waals surface area contributed by atoms with E-state index in [1.165, 1.54) is 11.8 Å². The second-order valence-electron chi connectivity index (χ2n) is 6.25. The van der Waals surface area contributed by atoms with Crippen LogP contribution in [0.4, 0.5) is 0 Å². The fourth-order valence-electron chi connectivity index (χ4n) is 3.34. The molecule has 0 aliphatic carbocycles. The fraction of sp³-hybridized carbons (Fsp3) is 0.158. The molecule has 1 amide bonds. The molecule has 0 fully saturated rings. The molecular formula is C19H16N6OS. The van der Waals surface area contributed by atoms with E-state index in [0.717, 1.165) is 23.0 Å². The van der Waals surface area contributed by atoms with Crippen LogP contribution in [0.2, 0.25) is 0 Å². The molecule has 8 heteroatoms. The van der Waals surface area contributed by atoms with E-state index in [1.54, 1.807) is 11.2 Å². The van der Waals surface area contributed by atoms with Crippen molar-refractivity contribution in [1.29, 1.82) is 0 Å². The van der Waals surface area contributed by atoms with Gasteiger partial charge in [0.1, 0.15) is 0 Å². The zero-order valence-electron chi connectivity index (χ0n) is 14.3. The van der Waals surface area contributed by atoms with Crippen molar-refractivity contribution in [2.45, 2.75) is 17.6 Å². The van der Waals surface area contributed by atoms with Crippen LogP contribution in [0.25, 0.3) is 16.8 Å². The van der Waals surface area contributed by atoms with Crippen LogP contribution in [0.5, 0.6) is 0 Å². The number of hydrazone groups is 1. The third-order valence-corrected chi connectivity index (χ3v) is 5.52. The van der Waals surface area contributed by atoms with Crippen LogP contribution in [0.1, 0.15) is 18.0 Å². The molecule has 5 rings (SSSR count). The van der Waals surface area contributed by atoms with E-state index in [2.05, 4.69) is 20.3 Å². The summed E-state index contributed by atoms with van der Waals surface area (Å²) in [5.74, 6) is 0.892. The van der Waals surface area contributed by atoms with E-state index in [4.69, 9.17) is 0 Å². The number of para-hydroxylation sites is 2. The molecule has 27 heavy (non-hydrogen) atoms. The average Bonchev–Trinajstić information content (AvgIpc) is 3.42. The number of nitrogens with one attached hydrogen (secondary N) is 1. The summed E-state index contributed by atoms with van der Waals surface area (Å²) in [6.45, 7) is 0. The third kappa shape index (κ3) is 2.78. The van der Waals surface area contributed by atoms with Crippen LogP contribution in [0, 0.1) is 0 Å². The standard InChI is InChI=1S/C19H16N6OS/c26-17(25-15(10-11-20-25)13-6-2-1-3-7-13)12-27-19-23-22-18-21-14-8-4-5-9-16(14)24(18)19/h1-9,11,15H,10,12H2,(H,21,22)/t15-/m0/s1. The van der Waals surface area contributed by atoms with Gasteiger partial charge in [0, 0.05) is 12.6 Å². The Morgan fingerprint density at radius 2 is 1.96 bits per heavy atom. The maximum absolute atomic E-state index is 12.8. The number of aromatic amines is 1. The van der Waals surface area contributed by atoms with Gasteiger partial charge in [0.15, 0.2) is 5.16 Å². The minimum Gasteiger partial charge on any atom is -0.272 e. The Morgan fingerprint density at radius 3 is 2.85 bits per heavy atom. The van der Waals surface area contributed by atoms with Crippen molar-refractivity contribution in [2.75, 3.05) is 5.75 Å². The third-order valence-electron chi connectivity index (χ3n) is 4.60. The molecular weight excluding hydrogens is 360 g/mol. The Hall–Kier alpha value is -3.13. The first-order valence-electron chi connectivity index (χ1n) is 8.65. The number of carbonyl (C=O) groups excluding carboxylic acids is 1. The number of fused-ring (bicyclic) bond motifs is 3. The topological polar surface area (TPSA) is 78.6 Å². The number of thioether (sulfide) groups is 1. The molecule has 4 aromatic rings. The van der Waals surface area contributed by atoms with E-state index in [9.17, 15) is 4.79 Å². The number of imidazole rings is 1. The van der Waals surface area contributed by atoms with Crippen molar-refractivity contribution < 1.29 is 4.79 Å². The maximum Gasteiger partial charge on any atom is 0.253 e. The number of hydrogen-bond acceptors (Lipinski definition) is 5. The number of amides is 1. The van der Waals surface area contributed by atoms with Crippen LogP contribution in [0.15, 0.2) is 64.9 Å². The summed E-state index contributed by atoms with van der Waals surface area (Å²) in [4.78, 5) is 17.3. The van der Waals surface area contributed by atoms with Gasteiger partial charge in [-0.15, -0.1) is 5.10 Å². The lowest BCUT2D eigenvalue weighted by atomic mass is 10.0. The van der Waals surface area contributed by atoms with Crippen molar-refractivity contribution in [3.05, 3.63) is 60.2 Å². The van der Waals surface area contributed by atoms with Crippen LogP contribution in [-0.2, 0) is 4.79 Å². The quantitative estimate of drug-likeness (QED) is 0.555. The molecule has 1 aliphatic rings. The summed E-state index contributed by atoms with van der Waals surface area (Å²) in [7, 11) is 0. The number of nitrogens with zero attached hydrogens (tertiary/aromatic N) is 5. The van der Waals surface area contributed by atoms with E-state index < -0.39 is 0 Å². The molecule has 1 N–H and O–H groups in total. The molecule has 1 atom stereocenters. The highest BCUT2D eigenvalue weighted by Crippen LogP contribution is 2.29. The van der Waals surface area contributed by atoms with Gasteiger partial charge in [-0.2, -0.15) is 5.10 Å². The Labute approximate surface area is 159 Å². The molecule has 0 unspecified atom stereocenters. The number of benzene rings is 2. The lowest BCUT2D eigenvalue weighted by molar-refractivity contribution is -0.130. The van der Waals surface area contributed by atoms with E-state index >= 15 is 0 Å². The van der Waals surface area contributed by atoms with Gasteiger partial charge in [-0.05, 0) is 17.7 Å². The number of hydrogen-bond donors (Lipinski definition) is 1. The first-order chi connectivity index (χ1) is 13.3. The van der Waals surface area contributed by atoms with Gasteiger partial charge >= 0.3 is 0 Å². The van der Waals surface area contributed by atoms with Crippen molar-refractivity contribution in [3.63, 3.8) is 0 Å². The van der Waals surface area contributed by atoms with Gasteiger partial charge in [-0.3, -0.25) is 9.20 Å². The first kappa shape index (κ1) is 16.1. The van der Waals surface area contributed by atoms with Gasteiger partial charge in [-0.25, -0.2) is 15.1 Å². The van der Waals surface area contributed by atoms with E-state index in [-0.39, 0.29) is 17.7 Å². The number of H-pyrrole nitrogens is 1. The number of carbonyl (C=O) groups is 1. The van der Waals surface area contributed by atoms with Gasteiger partial charge in [0.25, 0.3) is 5.91 Å². The highest BCUT2D eigenvalue weighted by molar-refractivity contribution is 7.99. The molecule has 0 saturated carbocycles. The monoisotopic (exact) mass is 376 g/mol. The van der Waals surface area contributed by atoms with Crippen molar-refractivity contribution >= 4 is 40.7 Å². The first-order valence-corrected chi connectivity index (χ1v) is 9.63. The van der Waals surface area contributed by atoms with Crippen molar-refractivity contribution in [1.82, 2.24) is 24.6 Å². The van der Waals surface area contributed by atoms with Gasteiger partial charge in [0.2, 0.25) is 5.78 Å². The molecule has 0 spiro atoms. The molecule has 0 radical (unpaired) electrons. The molecule has 3 heterocycles. The largest absolute Gasteiger partial charge is 0.272 e. The van der Waals surface area contributed by atoms with Crippen LogP contribution in [-0.4, -0.2) is 42.5 Å². The lowest BCUT2D eigenvalue weighted by Gasteiger charge is -2.21. The van der Waals surface area contributed by atoms with E-state index in [1.807, 2.05) is 59.0 Å². The minimum absolute atomic E-state index is 0.0347. The highest BCUT2D eigenvalue weighted by atomic mass is 32.2. The Balaban J connectivity index is 1.36. The summed E-state index contributed by atoms with van der Waals surface area (Å²) in [5, 5.41) is 13.8. The van der Waals surface area contributed by atoms with Crippen LogP contribution >= 0.6 is 11.8 Å². The highest BCUT2D eigenvalue weighted by Gasteiger charge is 2.28. The lowest BCUT2D eigenvalue weighted by Crippen LogP contribution is -2.28. The smallest absolute Gasteiger partial charge is 0.253 e. The fourth-order valence-corrected chi connectivity index (χ4v) is 4.15.